The van der Waals surface area contributed by atoms with Crippen molar-refractivity contribution in [3.63, 3.8) is 0 Å². The molecule has 28 heavy (non-hydrogen) atoms. The first-order chi connectivity index (χ1) is 13.7. The van der Waals surface area contributed by atoms with Gasteiger partial charge in [-0.1, -0.05) is 32.4 Å². The van der Waals surface area contributed by atoms with Gasteiger partial charge in [0.25, 0.3) is 0 Å². The summed E-state index contributed by atoms with van der Waals surface area (Å²) in [6.45, 7) is 7.79. The highest BCUT2D eigenvalue weighted by atomic mass is 16.5. The molecule has 5 nitrogen and oxygen atoms in total. The van der Waals surface area contributed by atoms with E-state index in [1.165, 1.54) is 0 Å². The largest absolute Gasteiger partial charge is 0.493 e. The van der Waals surface area contributed by atoms with Crippen LogP contribution in [0.4, 0.5) is 11.5 Å². The first-order valence-electron chi connectivity index (χ1n) is 9.99. The van der Waals surface area contributed by atoms with Crippen LogP contribution in [0.1, 0.15) is 38.9 Å². The molecule has 0 atom stereocenters. The van der Waals surface area contributed by atoms with Crippen LogP contribution in [0.15, 0.2) is 42.5 Å². The van der Waals surface area contributed by atoms with Gasteiger partial charge in [-0.05, 0) is 44.0 Å². The molecule has 0 bridgehead atoms. The fourth-order valence-electron chi connectivity index (χ4n) is 3.23. The molecular weight excluding hydrogens is 350 g/mol. The molecule has 0 aliphatic carbocycles. The summed E-state index contributed by atoms with van der Waals surface area (Å²) in [6, 6.07) is 14.2. The van der Waals surface area contributed by atoms with Crippen molar-refractivity contribution in [1.29, 1.82) is 0 Å². The van der Waals surface area contributed by atoms with Gasteiger partial charge in [-0.2, -0.15) is 0 Å². The molecule has 1 heterocycles. The molecule has 148 valence electrons. The van der Waals surface area contributed by atoms with Gasteiger partial charge >= 0.3 is 0 Å². The highest BCUT2D eigenvalue weighted by Gasteiger charge is 2.17. The number of rotatable bonds is 9. The van der Waals surface area contributed by atoms with Crippen molar-refractivity contribution in [3.8, 4) is 11.5 Å². The van der Waals surface area contributed by atoms with Crippen molar-refractivity contribution in [1.82, 2.24) is 9.97 Å². The van der Waals surface area contributed by atoms with E-state index in [4.69, 9.17) is 14.5 Å². The Bertz CT molecular complexity index is 927. The highest BCUT2D eigenvalue weighted by molar-refractivity contribution is 5.91. The topological polar surface area (TPSA) is 47.5 Å². The lowest BCUT2D eigenvalue weighted by molar-refractivity contribution is 0.288. The maximum atomic E-state index is 6.00. The standard InChI is InChI=1S/C23H29N3O2/c1-5-7-15-28-22-16-18(12-13-21(22)27-4)26(14-6-2)23-19-10-8-9-11-20(19)24-17(3)25-23/h8-13,16H,5-7,14-15H2,1-4H3. The van der Waals surface area contributed by atoms with Gasteiger partial charge < -0.3 is 14.4 Å². The van der Waals surface area contributed by atoms with Gasteiger partial charge in [0.15, 0.2) is 11.5 Å². The Kier molecular flexibility index (Phi) is 6.69. The number of nitrogens with zero attached hydrogens (tertiary/aromatic N) is 3. The number of unbranched alkanes of at least 4 members (excludes halogenated alkanes) is 1. The summed E-state index contributed by atoms with van der Waals surface area (Å²) in [4.78, 5) is 11.6. The molecule has 3 aromatic rings. The number of ether oxygens (including phenoxy) is 2. The summed E-state index contributed by atoms with van der Waals surface area (Å²) in [6.07, 6.45) is 3.10. The van der Waals surface area contributed by atoms with Crippen molar-refractivity contribution < 1.29 is 9.47 Å². The van der Waals surface area contributed by atoms with Gasteiger partial charge in [0.1, 0.15) is 11.6 Å². The Labute approximate surface area is 167 Å². The lowest BCUT2D eigenvalue weighted by Crippen LogP contribution is -2.20. The van der Waals surface area contributed by atoms with E-state index >= 15 is 0 Å². The Morgan fingerprint density at radius 3 is 2.54 bits per heavy atom. The molecule has 0 spiro atoms. The van der Waals surface area contributed by atoms with E-state index in [1.54, 1.807) is 7.11 Å². The number of para-hydroxylation sites is 1. The third kappa shape index (κ3) is 4.35. The van der Waals surface area contributed by atoms with Gasteiger partial charge in [0, 0.05) is 23.7 Å². The fourth-order valence-corrected chi connectivity index (χ4v) is 3.23. The maximum Gasteiger partial charge on any atom is 0.163 e. The predicted octanol–water partition coefficient (Wildman–Crippen LogP) is 5.67. The molecule has 0 radical (unpaired) electrons. The summed E-state index contributed by atoms with van der Waals surface area (Å²) in [5.74, 6) is 3.21. The van der Waals surface area contributed by atoms with Crippen LogP contribution in [-0.2, 0) is 0 Å². The zero-order chi connectivity index (χ0) is 19.9. The van der Waals surface area contributed by atoms with E-state index in [0.29, 0.717) is 6.61 Å². The molecule has 2 aromatic carbocycles. The normalized spacial score (nSPS) is 10.9. The van der Waals surface area contributed by atoms with Crippen LogP contribution in [0.5, 0.6) is 11.5 Å². The quantitative estimate of drug-likeness (QED) is 0.448. The summed E-state index contributed by atoms with van der Waals surface area (Å²) in [5.41, 5.74) is 2.00. The lowest BCUT2D eigenvalue weighted by atomic mass is 10.2. The molecular formula is C23H29N3O2. The average molecular weight is 380 g/mol. The second kappa shape index (κ2) is 9.40. The van der Waals surface area contributed by atoms with Gasteiger partial charge in [0.2, 0.25) is 0 Å². The van der Waals surface area contributed by atoms with Gasteiger partial charge in [-0.15, -0.1) is 0 Å². The highest BCUT2D eigenvalue weighted by Crippen LogP contribution is 2.36. The summed E-state index contributed by atoms with van der Waals surface area (Å²) in [5, 5.41) is 1.05. The van der Waals surface area contributed by atoms with Gasteiger partial charge in [0.05, 0.1) is 19.2 Å². The summed E-state index contributed by atoms with van der Waals surface area (Å²) >= 11 is 0. The molecule has 0 N–H and O–H groups in total. The third-order valence-electron chi connectivity index (χ3n) is 4.61. The number of methoxy groups -OCH3 is 1. The monoisotopic (exact) mass is 379 g/mol. The molecule has 3 rings (SSSR count). The van der Waals surface area contributed by atoms with E-state index < -0.39 is 0 Å². The van der Waals surface area contributed by atoms with Gasteiger partial charge in [-0.3, -0.25) is 0 Å². The van der Waals surface area contributed by atoms with Crippen LogP contribution in [0, 0.1) is 6.92 Å². The molecule has 0 saturated carbocycles. The zero-order valence-electron chi connectivity index (χ0n) is 17.2. The first kappa shape index (κ1) is 19.9. The van der Waals surface area contributed by atoms with Crippen molar-refractivity contribution >= 4 is 22.4 Å². The van der Waals surface area contributed by atoms with Crippen molar-refractivity contribution in [2.45, 2.75) is 40.0 Å². The Hall–Kier alpha value is -2.82. The molecule has 0 aliphatic rings. The molecule has 0 unspecified atom stereocenters. The van der Waals surface area contributed by atoms with E-state index in [0.717, 1.165) is 65.5 Å². The van der Waals surface area contributed by atoms with Crippen LogP contribution in [0.25, 0.3) is 10.9 Å². The zero-order valence-corrected chi connectivity index (χ0v) is 17.2. The summed E-state index contributed by atoms with van der Waals surface area (Å²) in [7, 11) is 1.67. The van der Waals surface area contributed by atoms with Crippen LogP contribution >= 0.6 is 0 Å². The second-order valence-corrected chi connectivity index (χ2v) is 6.80. The Balaban J connectivity index is 2.07. The van der Waals surface area contributed by atoms with E-state index in [1.807, 2.05) is 31.2 Å². The van der Waals surface area contributed by atoms with Crippen molar-refractivity contribution in [2.24, 2.45) is 0 Å². The third-order valence-corrected chi connectivity index (χ3v) is 4.61. The molecule has 1 aromatic heterocycles. The molecule has 0 saturated heterocycles. The SMILES string of the molecule is CCCCOc1cc(N(CCC)c2nc(C)nc3ccccc23)ccc1OC. The molecule has 5 heteroatoms. The molecule has 0 aliphatic heterocycles. The first-order valence-corrected chi connectivity index (χ1v) is 9.99. The number of aromatic nitrogens is 2. The number of benzene rings is 2. The fraction of sp³-hybridized carbons (Fsp3) is 0.391. The molecule has 0 fully saturated rings. The van der Waals surface area contributed by atoms with Gasteiger partial charge in [-0.25, -0.2) is 9.97 Å². The lowest BCUT2D eigenvalue weighted by Gasteiger charge is -2.26. The van der Waals surface area contributed by atoms with Crippen LogP contribution < -0.4 is 14.4 Å². The average Bonchev–Trinajstić information content (AvgIpc) is 2.71. The maximum absolute atomic E-state index is 6.00. The van der Waals surface area contributed by atoms with Crippen LogP contribution in [-0.4, -0.2) is 30.2 Å². The smallest absolute Gasteiger partial charge is 0.163 e. The van der Waals surface area contributed by atoms with E-state index in [9.17, 15) is 0 Å². The molecule has 0 amide bonds. The summed E-state index contributed by atoms with van der Waals surface area (Å²) < 4.78 is 11.5. The minimum atomic E-state index is 0.680. The number of fused-ring (bicyclic) bond motifs is 1. The van der Waals surface area contributed by atoms with Crippen molar-refractivity contribution in [3.05, 3.63) is 48.3 Å². The van der Waals surface area contributed by atoms with E-state index in [2.05, 4.69) is 41.9 Å². The van der Waals surface area contributed by atoms with Crippen LogP contribution in [0.3, 0.4) is 0 Å². The Morgan fingerprint density at radius 1 is 0.964 bits per heavy atom. The predicted molar refractivity (Wildman–Crippen MR) is 115 cm³/mol. The minimum Gasteiger partial charge on any atom is -0.493 e. The number of hydrogen-bond donors (Lipinski definition) is 0. The second-order valence-electron chi connectivity index (χ2n) is 6.80. The van der Waals surface area contributed by atoms with E-state index in [-0.39, 0.29) is 0 Å². The Morgan fingerprint density at radius 2 is 1.79 bits per heavy atom. The van der Waals surface area contributed by atoms with Crippen molar-refractivity contribution in [2.75, 3.05) is 25.2 Å². The number of hydrogen-bond acceptors (Lipinski definition) is 5. The minimum absolute atomic E-state index is 0.680. The number of anilines is 2. The number of aryl methyl sites for hydroxylation is 1. The van der Waals surface area contributed by atoms with Crippen LogP contribution in [0.2, 0.25) is 0 Å².